The Morgan fingerprint density at radius 1 is 1.14 bits per heavy atom. The van der Waals surface area contributed by atoms with Gasteiger partial charge in [-0.3, -0.25) is 9.20 Å². The molecule has 5 heterocycles. The zero-order valence-electron chi connectivity index (χ0n) is 22.1. The normalized spacial score (nSPS) is 17.2. The van der Waals surface area contributed by atoms with Crippen LogP contribution in [0, 0.1) is 18.7 Å². The first-order valence-corrected chi connectivity index (χ1v) is 13.2. The number of alkyl halides is 4. The Hall–Kier alpha value is -4.50. The van der Waals surface area contributed by atoms with Gasteiger partial charge in [0.2, 0.25) is 12.3 Å². The number of nitrogens with zero attached hydrogens (tertiary/aromatic N) is 8. The number of aromatic nitrogens is 8. The van der Waals surface area contributed by atoms with Gasteiger partial charge in [0.15, 0.2) is 17.0 Å². The second-order valence-electron chi connectivity index (χ2n) is 10.4. The molecule has 0 radical (unpaired) electrons. The van der Waals surface area contributed by atoms with Crippen LogP contribution in [0.5, 0.6) is 0 Å². The first kappa shape index (κ1) is 27.7. The average Bonchev–Trinajstić information content (AvgIpc) is 3.68. The lowest BCUT2D eigenvalue weighted by Crippen LogP contribution is -2.37. The molecule has 1 aliphatic carbocycles. The largest absolute Gasteiger partial charge is 0.342 e. The maximum absolute atomic E-state index is 14.0. The fourth-order valence-corrected chi connectivity index (χ4v) is 5.42. The Labute approximate surface area is 234 Å². The monoisotopic (exact) mass is 589 g/mol. The van der Waals surface area contributed by atoms with Gasteiger partial charge in [0, 0.05) is 25.5 Å². The van der Waals surface area contributed by atoms with Gasteiger partial charge in [0.1, 0.15) is 17.3 Å². The number of hydrogen-bond acceptors (Lipinski definition) is 8. The highest BCUT2D eigenvalue weighted by Crippen LogP contribution is 2.41. The number of imidazole rings is 1. The third-order valence-electron chi connectivity index (χ3n) is 7.59. The fraction of sp³-hybridized carbons (Fsp3) is 0.423. The number of halogens is 5. The average molecular weight is 590 g/mol. The molecular weight excluding hydrogens is 565 g/mol. The van der Waals surface area contributed by atoms with E-state index in [0.717, 1.165) is 6.20 Å². The van der Waals surface area contributed by atoms with Crippen LogP contribution in [0.25, 0.3) is 11.3 Å². The lowest BCUT2D eigenvalue weighted by molar-refractivity contribution is -0.0495. The minimum absolute atomic E-state index is 0.0443. The molecule has 0 aromatic carbocycles. The van der Waals surface area contributed by atoms with Crippen LogP contribution in [0.1, 0.15) is 77.3 Å². The summed E-state index contributed by atoms with van der Waals surface area (Å²) in [6.07, 6.45) is 0.277. The topological polar surface area (TPSA) is 128 Å². The SMILES string of the molecule is Cc1nonc1C(=O)N[C@H](c1cn2ncc([C@H](CC(F)F)c3nnc4ccc(F)cn34)cc2n1)C1CCC(F)(F)CC1. The predicted octanol–water partition coefficient (Wildman–Crippen LogP) is 4.69. The lowest BCUT2D eigenvalue weighted by Gasteiger charge is -2.33. The summed E-state index contributed by atoms with van der Waals surface area (Å²) < 4.78 is 76.7. The first-order valence-electron chi connectivity index (χ1n) is 13.2. The van der Waals surface area contributed by atoms with Crippen molar-refractivity contribution >= 4 is 17.2 Å². The zero-order valence-corrected chi connectivity index (χ0v) is 22.1. The van der Waals surface area contributed by atoms with Gasteiger partial charge in [-0.1, -0.05) is 5.16 Å². The summed E-state index contributed by atoms with van der Waals surface area (Å²) in [5, 5.41) is 22.4. The Bertz CT molecular complexity index is 1740. The quantitative estimate of drug-likeness (QED) is 0.258. The summed E-state index contributed by atoms with van der Waals surface area (Å²) >= 11 is 0. The van der Waals surface area contributed by atoms with E-state index in [4.69, 9.17) is 0 Å². The summed E-state index contributed by atoms with van der Waals surface area (Å²) in [5.41, 5.74) is 1.45. The van der Waals surface area contributed by atoms with Gasteiger partial charge in [0.25, 0.3) is 5.91 Å². The van der Waals surface area contributed by atoms with E-state index in [2.05, 4.69) is 40.5 Å². The fourth-order valence-electron chi connectivity index (χ4n) is 5.42. The third-order valence-corrected chi connectivity index (χ3v) is 7.59. The van der Waals surface area contributed by atoms with Crippen molar-refractivity contribution in [1.29, 1.82) is 0 Å². The summed E-state index contributed by atoms with van der Waals surface area (Å²) in [6.45, 7) is 1.54. The van der Waals surface area contributed by atoms with Crippen LogP contribution in [0.2, 0.25) is 0 Å². The minimum Gasteiger partial charge on any atom is -0.342 e. The van der Waals surface area contributed by atoms with Gasteiger partial charge in [-0.25, -0.2) is 36.1 Å². The van der Waals surface area contributed by atoms with Crippen molar-refractivity contribution in [2.75, 3.05) is 0 Å². The van der Waals surface area contributed by atoms with Gasteiger partial charge >= 0.3 is 0 Å². The molecule has 0 unspecified atom stereocenters. The summed E-state index contributed by atoms with van der Waals surface area (Å²) in [5.74, 6) is -5.25. The number of pyridine rings is 1. The number of aryl methyl sites for hydroxylation is 1. The van der Waals surface area contributed by atoms with E-state index in [1.54, 1.807) is 19.2 Å². The van der Waals surface area contributed by atoms with Crippen molar-refractivity contribution in [2.45, 2.75) is 63.3 Å². The van der Waals surface area contributed by atoms with Gasteiger partial charge in [-0.15, -0.1) is 10.2 Å². The third kappa shape index (κ3) is 5.39. The van der Waals surface area contributed by atoms with Crippen LogP contribution in [0.4, 0.5) is 22.0 Å². The Morgan fingerprint density at radius 2 is 1.93 bits per heavy atom. The van der Waals surface area contributed by atoms with Crippen molar-refractivity contribution in [3.8, 4) is 0 Å². The molecular formula is C26H24F5N9O2. The van der Waals surface area contributed by atoms with Crippen LogP contribution >= 0.6 is 0 Å². The molecule has 5 aromatic rings. The van der Waals surface area contributed by atoms with E-state index < -0.39 is 42.5 Å². The highest BCUT2D eigenvalue weighted by atomic mass is 19.3. The van der Waals surface area contributed by atoms with E-state index in [9.17, 15) is 26.7 Å². The second-order valence-corrected chi connectivity index (χ2v) is 10.4. The molecule has 16 heteroatoms. The molecule has 220 valence electrons. The molecule has 2 atom stereocenters. The number of nitrogens with one attached hydrogen (secondary N) is 1. The number of fused-ring (bicyclic) bond motifs is 2. The minimum atomic E-state index is -2.79. The van der Waals surface area contributed by atoms with Gasteiger partial charge in [-0.2, -0.15) is 5.10 Å². The van der Waals surface area contributed by atoms with Crippen LogP contribution in [0.15, 0.2) is 41.4 Å². The first-order chi connectivity index (χ1) is 20.1. The number of hydrogen-bond donors (Lipinski definition) is 1. The molecule has 0 saturated heterocycles. The van der Waals surface area contributed by atoms with E-state index in [0.29, 0.717) is 11.3 Å². The molecule has 1 aliphatic rings. The molecule has 1 saturated carbocycles. The Morgan fingerprint density at radius 3 is 2.64 bits per heavy atom. The maximum Gasteiger partial charge on any atom is 0.276 e. The molecule has 1 N–H and O–H groups in total. The van der Waals surface area contributed by atoms with Gasteiger partial charge in [-0.05, 0) is 54.6 Å². The van der Waals surface area contributed by atoms with Gasteiger partial charge < -0.3 is 5.32 Å². The van der Waals surface area contributed by atoms with E-state index >= 15 is 0 Å². The van der Waals surface area contributed by atoms with E-state index in [1.165, 1.54) is 27.2 Å². The Kier molecular flexibility index (Phi) is 7.06. The van der Waals surface area contributed by atoms with Crippen LogP contribution in [-0.4, -0.2) is 57.8 Å². The van der Waals surface area contributed by atoms with E-state index in [1.807, 2.05) is 0 Å². The number of amides is 1. The molecule has 1 amide bonds. The molecule has 0 bridgehead atoms. The van der Waals surface area contributed by atoms with E-state index in [-0.39, 0.29) is 60.1 Å². The van der Waals surface area contributed by atoms with Crippen molar-refractivity contribution < 1.29 is 31.4 Å². The van der Waals surface area contributed by atoms with Crippen LogP contribution in [0.3, 0.4) is 0 Å². The molecule has 6 rings (SSSR count). The summed E-state index contributed by atoms with van der Waals surface area (Å²) in [6, 6.07) is 3.34. The molecule has 0 aliphatic heterocycles. The maximum atomic E-state index is 14.0. The summed E-state index contributed by atoms with van der Waals surface area (Å²) in [4.78, 5) is 17.6. The van der Waals surface area contributed by atoms with Crippen molar-refractivity contribution in [1.82, 2.24) is 44.8 Å². The summed E-state index contributed by atoms with van der Waals surface area (Å²) in [7, 11) is 0. The van der Waals surface area contributed by atoms with Crippen molar-refractivity contribution in [2.24, 2.45) is 5.92 Å². The smallest absolute Gasteiger partial charge is 0.276 e. The zero-order chi connectivity index (χ0) is 29.6. The molecule has 0 spiro atoms. The lowest BCUT2D eigenvalue weighted by atomic mass is 9.81. The molecule has 5 aromatic heterocycles. The second kappa shape index (κ2) is 10.7. The van der Waals surface area contributed by atoms with Gasteiger partial charge in [0.05, 0.1) is 30.0 Å². The van der Waals surface area contributed by atoms with Crippen molar-refractivity contribution in [3.05, 3.63) is 71.1 Å². The number of carbonyl (C=O) groups excluding carboxylic acids is 1. The predicted molar refractivity (Wildman–Crippen MR) is 135 cm³/mol. The Balaban J connectivity index is 1.37. The number of carbonyl (C=O) groups is 1. The van der Waals surface area contributed by atoms with Crippen molar-refractivity contribution in [3.63, 3.8) is 0 Å². The highest BCUT2D eigenvalue weighted by Gasteiger charge is 2.40. The van der Waals surface area contributed by atoms with Crippen LogP contribution in [-0.2, 0) is 0 Å². The molecule has 1 fully saturated rings. The van der Waals surface area contributed by atoms with Crippen LogP contribution < -0.4 is 5.32 Å². The molecule has 11 nitrogen and oxygen atoms in total. The highest BCUT2D eigenvalue weighted by molar-refractivity contribution is 5.93. The number of rotatable bonds is 8. The standard InChI is InChI=1S/C26H24F5N9O2/c1-13-22(38-42-37-13)25(41)34-23(14-4-6-26(30,31)7-5-14)18-12-40-21(33-18)8-15(10-32-40)17(9-19(28)29)24-36-35-20-3-2-16(27)11-39(20)24/h2-3,8,10-12,14,17,19,23H,4-7,9H2,1H3,(H,34,41)/t17-,23-/m0/s1. The molecule has 42 heavy (non-hydrogen) atoms.